The maximum absolute atomic E-state index is 6.69. The van der Waals surface area contributed by atoms with Gasteiger partial charge in [-0.2, -0.15) is 0 Å². The zero-order valence-electron chi connectivity index (χ0n) is 28.8. The molecular weight excluding hydrogens is 605 g/mol. The summed E-state index contributed by atoms with van der Waals surface area (Å²) in [6, 6.07) is 31.0. The molecule has 4 atom stereocenters. The fraction of sp³-hybridized carbons (Fsp3) is 0.286. The molecule has 0 saturated carbocycles. The minimum absolute atomic E-state index is 0.00318. The van der Waals surface area contributed by atoms with Gasteiger partial charge in [0.25, 0.3) is 0 Å². The maximum Gasteiger partial charge on any atom is 0.159 e. The molecule has 49 heavy (non-hydrogen) atoms. The van der Waals surface area contributed by atoms with Crippen molar-refractivity contribution in [3.05, 3.63) is 139 Å². The molecule has 5 aromatic rings. The summed E-state index contributed by atoms with van der Waals surface area (Å²) in [5, 5.41) is 2.31. The molecule has 4 aliphatic heterocycles. The van der Waals surface area contributed by atoms with E-state index in [1.807, 2.05) is 0 Å². The molecule has 7 heteroatoms. The lowest BCUT2D eigenvalue weighted by molar-refractivity contribution is 0.267. The van der Waals surface area contributed by atoms with E-state index < -0.39 is 0 Å². The standard InChI is InChI=1S/C42H44N6O/c1-29-18-19-35-34-14-7-10-17-39(34)49-41(35)40(29)48-25-22-43(4)42(48)36-28-32-12-5-8-15-37(32)46-26-23-44(30(46)2)20-11-21-45-24-27-47(31(45)3)38-16-9-6-13-33(36)38/h5-10,12-19,22-27,30-31,36,42H,11,20-21,28H2,1-4H3. The van der Waals surface area contributed by atoms with Gasteiger partial charge in [-0.05, 0) is 68.5 Å². The SMILES string of the molecule is Cc1ccc2c(oc3ccccc32)c1N1C=CN(C)C1C1Cc2ccccc2N2C=CN(CCCN3C=CN(c4ccccc41)C3C)C2C. The second-order valence-electron chi connectivity index (χ2n) is 14.0. The van der Waals surface area contributed by atoms with E-state index in [1.54, 1.807) is 0 Å². The Labute approximate surface area is 289 Å². The predicted molar refractivity (Wildman–Crippen MR) is 201 cm³/mol. The molecule has 0 N–H and O–H groups in total. The van der Waals surface area contributed by atoms with Gasteiger partial charge in [0.2, 0.25) is 0 Å². The topological polar surface area (TPSA) is 32.6 Å². The van der Waals surface area contributed by atoms with E-state index in [9.17, 15) is 0 Å². The molecular formula is C42H44N6O. The molecule has 0 fully saturated rings. The van der Waals surface area contributed by atoms with Crippen LogP contribution in [0.4, 0.5) is 17.1 Å². The van der Waals surface area contributed by atoms with Crippen LogP contribution in [0.15, 0.2) is 127 Å². The third-order valence-corrected chi connectivity index (χ3v) is 11.3. The molecule has 0 radical (unpaired) electrons. The van der Waals surface area contributed by atoms with Crippen molar-refractivity contribution in [1.82, 2.24) is 14.7 Å². The summed E-state index contributed by atoms with van der Waals surface area (Å²) in [6.45, 7) is 8.91. The monoisotopic (exact) mass is 648 g/mol. The fourth-order valence-electron chi connectivity index (χ4n) is 8.67. The molecule has 5 heterocycles. The minimum Gasteiger partial charge on any atom is -0.454 e. The molecule has 248 valence electrons. The van der Waals surface area contributed by atoms with Crippen molar-refractivity contribution in [3.63, 3.8) is 0 Å². The predicted octanol–water partition coefficient (Wildman–Crippen LogP) is 8.75. The average molecular weight is 649 g/mol. The van der Waals surface area contributed by atoms with Crippen LogP contribution in [0, 0.1) is 6.92 Å². The third-order valence-electron chi connectivity index (χ3n) is 11.3. The number of furan rings is 1. The number of anilines is 3. The third kappa shape index (κ3) is 4.78. The van der Waals surface area contributed by atoms with Crippen LogP contribution in [-0.4, -0.2) is 53.3 Å². The number of nitrogens with zero attached hydrogens (tertiary/aromatic N) is 6. The van der Waals surface area contributed by atoms with Crippen LogP contribution in [0.3, 0.4) is 0 Å². The average Bonchev–Trinajstić information content (AvgIpc) is 3.88. The quantitative estimate of drug-likeness (QED) is 0.189. The summed E-state index contributed by atoms with van der Waals surface area (Å²) in [5.74, 6) is 0.106. The van der Waals surface area contributed by atoms with Crippen LogP contribution in [0.25, 0.3) is 21.9 Å². The largest absolute Gasteiger partial charge is 0.454 e. The molecule has 4 aromatic carbocycles. The number of fused-ring (bicyclic) bond motifs is 11. The van der Waals surface area contributed by atoms with Crippen molar-refractivity contribution in [2.24, 2.45) is 0 Å². The second kappa shape index (κ2) is 11.7. The smallest absolute Gasteiger partial charge is 0.159 e. The molecule has 4 aliphatic rings. The molecule has 4 bridgehead atoms. The van der Waals surface area contributed by atoms with Crippen LogP contribution in [0.5, 0.6) is 0 Å². The Hall–Kier alpha value is -5.30. The first-order valence-corrected chi connectivity index (χ1v) is 17.7. The highest BCUT2D eigenvalue weighted by molar-refractivity contribution is 6.09. The van der Waals surface area contributed by atoms with Gasteiger partial charge in [-0.3, -0.25) is 0 Å². The second-order valence-corrected chi connectivity index (χ2v) is 14.0. The lowest BCUT2D eigenvalue weighted by Gasteiger charge is -2.40. The van der Waals surface area contributed by atoms with Gasteiger partial charge in [0, 0.05) is 85.4 Å². The Balaban J connectivity index is 1.24. The number of hydrogen-bond donors (Lipinski definition) is 0. The molecule has 0 spiro atoms. The van der Waals surface area contributed by atoms with Crippen molar-refractivity contribution in [2.45, 2.75) is 58.0 Å². The zero-order valence-corrected chi connectivity index (χ0v) is 28.8. The van der Waals surface area contributed by atoms with Crippen molar-refractivity contribution in [1.29, 1.82) is 0 Å². The number of benzene rings is 4. The Morgan fingerprint density at radius 2 is 1.29 bits per heavy atom. The number of para-hydroxylation sites is 3. The van der Waals surface area contributed by atoms with E-state index in [4.69, 9.17) is 4.42 Å². The van der Waals surface area contributed by atoms with Crippen LogP contribution < -0.4 is 14.7 Å². The first-order valence-electron chi connectivity index (χ1n) is 17.7. The van der Waals surface area contributed by atoms with Crippen molar-refractivity contribution >= 4 is 39.0 Å². The van der Waals surface area contributed by atoms with E-state index in [-0.39, 0.29) is 24.4 Å². The summed E-state index contributed by atoms with van der Waals surface area (Å²) >= 11 is 0. The lowest BCUT2D eigenvalue weighted by Crippen LogP contribution is -2.44. The van der Waals surface area contributed by atoms with Gasteiger partial charge in [-0.15, -0.1) is 0 Å². The van der Waals surface area contributed by atoms with E-state index in [0.717, 1.165) is 53.6 Å². The Morgan fingerprint density at radius 1 is 0.633 bits per heavy atom. The number of hydrogen-bond acceptors (Lipinski definition) is 7. The summed E-state index contributed by atoms with van der Waals surface area (Å²) in [7, 11) is 2.22. The van der Waals surface area contributed by atoms with Crippen LogP contribution in [0.1, 0.15) is 42.9 Å². The fourth-order valence-corrected chi connectivity index (χ4v) is 8.67. The van der Waals surface area contributed by atoms with Gasteiger partial charge in [0.15, 0.2) is 5.58 Å². The molecule has 7 nitrogen and oxygen atoms in total. The number of likely N-dealkylation sites (N-methyl/N-ethyl adjacent to an activating group) is 1. The normalized spacial score (nSPS) is 23.5. The highest BCUT2D eigenvalue weighted by Gasteiger charge is 2.39. The molecule has 9 rings (SSSR count). The van der Waals surface area contributed by atoms with E-state index in [1.165, 1.54) is 28.1 Å². The molecule has 4 unspecified atom stereocenters. The lowest BCUT2D eigenvalue weighted by atomic mass is 9.86. The molecule has 0 amide bonds. The molecule has 1 aromatic heterocycles. The van der Waals surface area contributed by atoms with Gasteiger partial charge >= 0.3 is 0 Å². The van der Waals surface area contributed by atoms with Gasteiger partial charge in [0.1, 0.15) is 24.1 Å². The number of rotatable bonds is 2. The Kier molecular flexibility index (Phi) is 7.11. The summed E-state index contributed by atoms with van der Waals surface area (Å²) in [5.41, 5.74) is 9.44. The van der Waals surface area contributed by atoms with Crippen LogP contribution in [0.2, 0.25) is 0 Å². The van der Waals surface area contributed by atoms with Gasteiger partial charge in [-0.1, -0.05) is 66.7 Å². The first-order chi connectivity index (χ1) is 24.0. The van der Waals surface area contributed by atoms with Gasteiger partial charge in [0.05, 0.1) is 5.69 Å². The summed E-state index contributed by atoms with van der Waals surface area (Å²) in [4.78, 5) is 14.8. The first kappa shape index (κ1) is 29.8. The summed E-state index contributed by atoms with van der Waals surface area (Å²) < 4.78 is 6.69. The van der Waals surface area contributed by atoms with Gasteiger partial charge < -0.3 is 33.8 Å². The van der Waals surface area contributed by atoms with Crippen molar-refractivity contribution < 1.29 is 4.42 Å². The summed E-state index contributed by atoms with van der Waals surface area (Å²) in [6.07, 6.45) is 16.1. The van der Waals surface area contributed by atoms with Crippen molar-refractivity contribution in [3.8, 4) is 0 Å². The maximum atomic E-state index is 6.69. The van der Waals surface area contributed by atoms with E-state index >= 15 is 0 Å². The minimum atomic E-state index is 0.00318. The van der Waals surface area contributed by atoms with E-state index in [0.29, 0.717) is 0 Å². The zero-order chi connectivity index (χ0) is 33.2. The highest BCUT2D eigenvalue weighted by atomic mass is 16.3. The number of aryl methyl sites for hydroxylation is 1. The highest BCUT2D eigenvalue weighted by Crippen LogP contribution is 2.46. The van der Waals surface area contributed by atoms with E-state index in [2.05, 4.69) is 179 Å². The molecule has 0 saturated heterocycles. The van der Waals surface area contributed by atoms with Crippen molar-refractivity contribution in [2.75, 3.05) is 34.8 Å². The van der Waals surface area contributed by atoms with Gasteiger partial charge in [-0.25, -0.2) is 0 Å². The Bertz CT molecular complexity index is 2130. The van der Waals surface area contributed by atoms with Crippen LogP contribution in [-0.2, 0) is 6.42 Å². The van der Waals surface area contributed by atoms with Crippen LogP contribution >= 0.6 is 0 Å². The molecule has 0 aliphatic carbocycles. The Morgan fingerprint density at radius 3 is 2.08 bits per heavy atom.